The van der Waals surface area contributed by atoms with Crippen LogP contribution in [0.3, 0.4) is 0 Å². The number of hydrogen-bond donors (Lipinski definition) is 1. The Balaban J connectivity index is 2.10. The normalized spacial score (nSPS) is 10.3. The summed E-state index contributed by atoms with van der Waals surface area (Å²) in [5.74, 6) is 0.704. The molecule has 1 amide bonds. The van der Waals surface area contributed by atoms with E-state index in [9.17, 15) is 4.79 Å². The number of amides is 1. The molecule has 0 unspecified atom stereocenters. The number of carbonyl (C=O) groups excluding carboxylic acids is 1. The zero-order valence-corrected chi connectivity index (χ0v) is 14.3. The molecule has 0 saturated carbocycles. The number of rotatable bonds is 3. The number of hydrogen-bond acceptors (Lipinski definition) is 4. The highest BCUT2D eigenvalue weighted by atomic mass is 79.9. The maximum absolute atomic E-state index is 12.0. The average Bonchev–Trinajstić information content (AvgIpc) is 2.70. The fourth-order valence-corrected chi connectivity index (χ4v) is 3.31. The van der Waals surface area contributed by atoms with Crippen LogP contribution in [0.15, 0.2) is 32.7 Å². The van der Waals surface area contributed by atoms with Gasteiger partial charge in [0.05, 0.1) is 20.5 Å². The monoisotopic (exact) mass is 403 g/mol. The Labute approximate surface area is 132 Å². The maximum atomic E-state index is 12.0. The van der Waals surface area contributed by atoms with Crippen molar-refractivity contribution < 1.29 is 4.79 Å². The third-order valence-electron chi connectivity index (χ3n) is 2.33. The third-order valence-corrected chi connectivity index (χ3v) is 5.59. The molecule has 0 bridgehead atoms. The lowest BCUT2D eigenvalue weighted by molar-refractivity contribution is 0.103. The molecule has 4 nitrogen and oxygen atoms in total. The maximum Gasteiger partial charge on any atom is 0.265 e. The van der Waals surface area contributed by atoms with Crippen molar-refractivity contribution in [2.45, 2.75) is 0 Å². The Kier molecular flexibility index (Phi) is 4.59. The first-order valence-electron chi connectivity index (χ1n) is 5.37. The second-order valence-corrected chi connectivity index (χ2v) is 7.21. The zero-order chi connectivity index (χ0) is 14.0. The van der Waals surface area contributed by atoms with Gasteiger partial charge in [-0.1, -0.05) is 0 Å². The number of nitrogens with one attached hydrogen (secondary N) is 1. The van der Waals surface area contributed by atoms with E-state index in [0.717, 1.165) is 14.1 Å². The molecular weight excluding hydrogens is 394 g/mol. The van der Waals surface area contributed by atoms with Gasteiger partial charge in [-0.05, 0) is 50.1 Å². The van der Waals surface area contributed by atoms with E-state index < -0.39 is 0 Å². The van der Waals surface area contributed by atoms with Gasteiger partial charge < -0.3 is 10.2 Å². The number of pyridine rings is 1. The Morgan fingerprint density at radius 1 is 1.37 bits per heavy atom. The lowest BCUT2D eigenvalue weighted by atomic mass is 10.3. The summed E-state index contributed by atoms with van der Waals surface area (Å²) >= 11 is 8.11. The first kappa shape index (κ1) is 14.5. The van der Waals surface area contributed by atoms with Gasteiger partial charge in [0.1, 0.15) is 5.82 Å². The van der Waals surface area contributed by atoms with Crippen molar-refractivity contribution in [2.24, 2.45) is 0 Å². The second-order valence-electron chi connectivity index (χ2n) is 3.99. The highest BCUT2D eigenvalue weighted by Gasteiger charge is 2.12. The zero-order valence-electron chi connectivity index (χ0n) is 10.3. The number of nitrogens with zero attached hydrogens (tertiary/aromatic N) is 2. The molecule has 0 atom stereocenters. The van der Waals surface area contributed by atoms with Crippen LogP contribution >= 0.6 is 43.2 Å². The lowest BCUT2D eigenvalue weighted by Gasteiger charge is -2.11. The summed E-state index contributed by atoms with van der Waals surface area (Å²) in [6.07, 6.45) is 1.64. The largest absolute Gasteiger partial charge is 0.363 e. The van der Waals surface area contributed by atoms with Gasteiger partial charge in [0.25, 0.3) is 5.91 Å². The predicted molar refractivity (Wildman–Crippen MR) is 86.2 cm³/mol. The fourth-order valence-electron chi connectivity index (χ4n) is 1.38. The first-order valence-corrected chi connectivity index (χ1v) is 7.77. The molecule has 1 N–H and O–H groups in total. The standard InChI is InChI=1S/C12H11Br2N3OS/c1-17(2)10-4-3-7(6-15-10)16-12(18)9-5-8(13)11(14)19-9/h3-6H,1-2H3,(H,16,18). The minimum absolute atomic E-state index is 0.143. The summed E-state index contributed by atoms with van der Waals surface area (Å²) in [6.45, 7) is 0. The molecule has 2 aromatic rings. The van der Waals surface area contributed by atoms with Gasteiger partial charge in [0.2, 0.25) is 0 Å². The van der Waals surface area contributed by atoms with Crippen molar-refractivity contribution >= 4 is 60.6 Å². The fraction of sp³-hybridized carbons (Fsp3) is 0.167. The molecule has 2 heterocycles. The first-order chi connectivity index (χ1) is 8.97. The minimum atomic E-state index is -0.143. The molecule has 0 radical (unpaired) electrons. The van der Waals surface area contributed by atoms with E-state index in [4.69, 9.17) is 0 Å². The van der Waals surface area contributed by atoms with Crippen LogP contribution in [0.2, 0.25) is 0 Å². The van der Waals surface area contributed by atoms with Crippen LogP contribution in [-0.4, -0.2) is 25.0 Å². The summed E-state index contributed by atoms with van der Waals surface area (Å²) in [6, 6.07) is 5.47. The van der Waals surface area contributed by atoms with Crippen LogP contribution in [0.5, 0.6) is 0 Å². The number of anilines is 2. The summed E-state index contributed by atoms with van der Waals surface area (Å²) < 4.78 is 1.78. The van der Waals surface area contributed by atoms with Crippen molar-refractivity contribution in [3.05, 3.63) is 37.5 Å². The van der Waals surface area contributed by atoms with Gasteiger partial charge in [0, 0.05) is 18.6 Å². The molecule has 2 aromatic heterocycles. The Bertz CT molecular complexity index is 576. The van der Waals surface area contributed by atoms with Crippen molar-refractivity contribution in [1.29, 1.82) is 0 Å². The lowest BCUT2D eigenvalue weighted by Crippen LogP contribution is -2.12. The van der Waals surface area contributed by atoms with Crippen LogP contribution in [0.1, 0.15) is 9.67 Å². The second kappa shape index (κ2) is 6.02. The molecule has 0 saturated heterocycles. The van der Waals surface area contributed by atoms with Crippen molar-refractivity contribution in [1.82, 2.24) is 4.98 Å². The molecule has 0 aromatic carbocycles. The molecule has 0 aliphatic rings. The SMILES string of the molecule is CN(C)c1ccc(NC(=O)c2cc(Br)c(Br)s2)cn1. The van der Waals surface area contributed by atoms with E-state index in [0.29, 0.717) is 10.6 Å². The average molecular weight is 405 g/mol. The Morgan fingerprint density at radius 2 is 2.11 bits per heavy atom. The van der Waals surface area contributed by atoms with Crippen molar-refractivity contribution in [2.75, 3.05) is 24.3 Å². The third kappa shape index (κ3) is 3.55. The van der Waals surface area contributed by atoms with E-state index >= 15 is 0 Å². The number of halogens is 2. The van der Waals surface area contributed by atoms with Crippen molar-refractivity contribution in [3.63, 3.8) is 0 Å². The topological polar surface area (TPSA) is 45.2 Å². The molecule has 0 aliphatic carbocycles. The van der Waals surface area contributed by atoms with E-state index in [1.807, 2.05) is 31.1 Å². The molecule has 7 heteroatoms. The molecule has 0 fully saturated rings. The van der Waals surface area contributed by atoms with Gasteiger partial charge in [-0.3, -0.25) is 4.79 Å². The predicted octanol–water partition coefficient (Wildman–Crippen LogP) is 3.99. The van der Waals surface area contributed by atoms with Crippen LogP contribution in [0.25, 0.3) is 0 Å². The molecule has 2 rings (SSSR count). The molecule has 100 valence electrons. The molecule has 0 aliphatic heterocycles. The van der Waals surface area contributed by atoms with Gasteiger partial charge in [-0.15, -0.1) is 11.3 Å². The highest BCUT2D eigenvalue weighted by molar-refractivity contribution is 9.13. The summed E-state index contributed by atoms with van der Waals surface area (Å²) in [5.41, 5.74) is 0.677. The van der Waals surface area contributed by atoms with Crippen molar-refractivity contribution in [3.8, 4) is 0 Å². The smallest absolute Gasteiger partial charge is 0.265 e. The van der Waals surface area contributed by atoms with E-state index in [-0.39, 0.29) is 5.91 Å². The van der Waals surface area contributed by atoms with E-state index in [1.54, 1.807) is 12.3 Å². The Morgan fingerprint density at radius 3 is 2.58 bits per heavy atom. The number of aromatic nitrogens is 1. The summed E-state index contributed by atoms with van der Waals surface area (Å²) in [4.78, 5) is 18.8. The van der Waals surface area contributed by atoms with E-state index in [1.165, 1.54) is 11.3 Å². The number of carbonyl (C=O) groups is 1. The highest BCUT2D eigenvalue weighted by Crippen LogP contribution is 2.32. The Hall–Kier alpha value is -0.920. The summed E-state index contributed by atoms with van der Waals surface area (Å²) in [5, 5.41) is 2.81. The van der Waals surface area contributed by atoms with Gasteiger partial charge in [-0.2, -0.15) is 0 Å². The molecular formula is C12H11Br2N3OS. The number of thiophene rings is 1. The van der Waals surface area contributed by atoms with E-state index in [2.05, 4.69) is 42.2 Å². The molecule has 0 spiro atoms. The summed E-state index contributed by atoms with van der Waals surface area (Å²) in [7, 11) is 3.84. The quantitative estimate of drug-likeness (QED) is 0.841. The van der Waals surface area contributed by atoms with Crippen LogP contribution in [-0.2, 0) is 0 Å². The van der Waals surface area contributed by atoms with Gasteiger partial charge >= 0.3 is 0 Å². The van der Waals surface area contributed by atoms with Crippen LogP contribution in [0.4, 0.5) is 11.5 Å². The minimum Gasteiger partial charge on any atom is -0.363 e. The van der Waals surface area contributed by atoms with Crippen LogP contribution in [0, 0.1) is 0 Å². The van der Waals surface area contributed by atoms with Crippen LogP contribution < -0.4 is 10.2 Å². The van der Waals surface area contributed by atoms with Gasteiger partial charge in [0.15, 0.2) is 0 Å². The van der Waals surface area contributed by atoms with Gasteiger partial charge in [-0.25, -0.2) is 4.98 Å². The molecule has 19 heavy (non-hydrogen) atoms.